The monoisotopic (exact) mass is 250 g/mol. The lowest BCUT2D eigenvalue weighted by molar-refractivity contribution is 0.157. The summed E-state index contributed by atoms with van der Waals surface area (Å²) in [5.74, 6) is 0. The van der Waals surface area contributed by atoms with Gasteiger partial charge in [0, 0.05) is 17.8 Å². The number of aromatic nitrogens is 3. The maximum absolute atomic E-state index is 11.6. The van der Waals surface area contributed by atoms with Crippen LogP contribution in [0.4, 0.5) is 0 Å². The Bertz CT molecular complexity index is 620. The Kier molecular flexibility index (Phi) is 2.66. The summed E-state index contributed by atoms with van der Waals surface area (Å²) >= 11 is 0. The van der Waals surface area contributed by atoms with Crippen LogP contribution >= 0.6 is 0 Å². The van der Waals surface area contributed by atoms with Crippen LogP contribution < -0.4 is 10.9 Å². The van der Waals surface area contributed by atoms with E-state index in [0.29, 0.717) is 17.5 Å². The zero-order valence-electron chi connectivity index (χ0n) is 9.55. The van der Waals surface area contributed by atoms with Crippen molar-refractivity contribution in [3.8, 4) is 0 Å². The van der Waals surface area contributed by atoms with Crippen LogP contribution in [-0.2, 0) is 0 Å². The molecule has 0 radical (unpaired) electrons. The topological polar surface area (TPSA) is 114 Å². The summed E-state index contributed by atoms with van der Waals surface area (Å²) in [6.07, 6.45) is 2.90. The van der Waals surface area contributed by atoms with Crippen LogP contribution in [0.5, 0.6) is 0 Å². The van der Waals surface area contributed by atoms with Gasteiger partial charge in [-0.3, -0.25) is 4.79 Å². The van der Waals surface area contributed by atoms with Crippen molar-refractivity contribution >= 4 is 11.0 Å². The third-order valence-corrected chi connectivity index (χ3v) is 3.38. The van der Waals surface area contributed by atoms with E-state index in [1.54, 1.807) is 6.20 Å². The Morgan fingerprint density at radius 3 is 3.00 bits per heavy atom. The Morgan fingerprint density at radius 1 is 1.44 bits per heavy atom. The molecule has 0 aliphatic carbocycles. The number of aliphatic hydroxyl groups is 2. The number of H-pyrrole nitrogens is 2. The number of hydrogen-bond donors (Lipinski definition) is 5. The molecule has 0 bridgehead atoms. The first-order valence-corrected chi connectivity index (χ1v) is 5.80. The van der Waals surface area contributed by atoms with Crippen LogP contribution in [0.25, 0.3) is 11.0 Å². The highest BCUT2D eigenvalue weighted by Gasteiger charge is 2.34. The third-order valence-electron chi connectivity index (χ3n) is 3.38. The van der Waals surface area contributed by atoms with E-state index < -0.39 is 6.10 Å². The lowest BCUT2D eigenvalue weighted by Gasteiger charge is -2.13. The number of nitrogens with one attached hydrogen (secondary N) is 3. The van der Waals surface area contributed by atoms with Gasteiger partial charge in [-0.25, -0.2) is 4.98 Å². The van der Waals surface area contributed by atoms with Crippen LogP contribution in [0, 0.1) is 0 Å². The van der Waals surface area contributed by atoms with Gasteiger partial charge in [0.15, 0.2) is 0 Å². The average Bonchev–Trinajstić information content (AvgIpc) is 2.93. The number of hydrogen-bond acceptors (Lipinski definition) is 5. The van der Waals surface area contributed by atoms with Gasteiger partial charge in [0.1, 0.15) is 11.0 Å². The van der Waals surface area contributed by atoms with E-state index in [9.17, 15) is 9.90 Å². The molecule has 1 fully saturated rings. The third kappa shape index (κ3) is 1.64. The number of fused-ring (bicyclic) bond motifs is 1. The van der Waals surface area contributed by atoms with E-state index in [2.05, 4.69) is 20.3 Å². The fourth-order valence-corrected chi connectivity index (χ4v) is 2.49. The van der Waals surface area contributed by atoms with Crippen molar-refractivity contribution in [2.75, 3.05) is 6.61 Å². The lowest BCUT2D eigenvalue weighted by atomic mass is 10.0. The summed E-state index contributed by atoms with van der Waals surface area (Å²) < 4.78 is 0. The van der Waals surface area contributed by atoms with Gasteiger partial charge in [-0.2, -0.15) is 0 Å². The Labute approximate surface area is 102 Å². The fraction of sp³-hybridized carbons (Fsp3) is 0.455. The van der Waals surface area contributed by atoms with Crippen LogP contribution in [0.15, 0.2) is 17.3 Å². The van der Waals surface area contributed by atoms with E-state index in [0.717, 1.165) is 5.56 Å². The molecular formula is C11H14N4O3. The van der Waals surface area contributed by atoms with Crippen molar-refractivity contribution in [1.82, 2.24) is 20.3 Å². The number of aromatic amines is 2. The first-order chi connectivity index (χ1) is 8.70. The van der Waals surface area contributed by atoms with E-state index in [-0.39, 0.29) is 24.2 Å². The maximum Gasteiger partial charge on any atom is 0.275 e. The maximum atomic E-state index is 11.6. The number of nitrogens with zero attached hydrogens (tertiary/aromatic N) is 1. The summed E-state index contributed by atoms with van der Waals surface area (Å²) in [6, 6.07) is -0.442. The van der Waals surface area contributed by atoms with Gasteiger partial charge in [-0.1, -0.05) is 0 Å². The fourth-order valence-electron chi connectivity index (χ4n) is 2.49. The highest BCUT2D eigenvalue weighted by atomic mass is 16.3. The second kappa shape index (κ2) is 4.20. The molecule has 0 spiro atoms. The molecule has 3 rings (SSSR count). The molecule has 3 atom stereocenters. The van der Waals surface area contributed by atoms with E-state index in [1.807, 2.05) is 0 Å². The van der Waals surface area contributed by atoms with Crippen molar-refractivity contribution in [2.45, 2.75) is 24.6 Å². The van der Waals surface area contributed by atoms with Gasteiger partial charge in [0.2, 0.25) is 0 Å². The lowest BCUT2D eigenvalue weighted by Crippen LogP contribution is -2.28. The molecule has 7 nitrogen and oxygen atoms in total. The first kappa shape index (κ1) is 11.4. The largest absolute Gasteiger partial charge is 0.395 e. The van der Waals surface area contributed by atoms with Gasteiger partial charge < -0.3 is 25.5 Å². The van der Waals surface area contributed by atoms with Gasteiger partial charge in [0.05, 0.1) is 25.1 Å². The smallest absolute Gasteiger partial charge is 0.275 e. The van der Waals surface area contributed by atoms with Crippen molar-refractivity contribution in [3.63, 3.8) is 0 Å². The number of aliphatic hydroxyl groups excluding tert-OH is 2. The zero-order chi connectivity index (χ0) is 12.7. The predicted octanol–water partition coefficient (Wildman–Crippen LogP) is -0.993. The first-order valence-electron chi connectivity index (χ1n) is 5.80. The van der Waals surface area contributed by atoms with Crippen molar-refractivity contribution in [2.24, 2.45) is 0 Å². The molecule has 1 aliphatic heterocycles. The summed E-state index contributed by atoms with van der Waals surface area (Å²) in [5.41, 5.74) is 1.46. The minimum Gasteiger partial charge on any atom is -0.395 e. The molecule has 0 aromatic carbocycles. The van der Waals surface area contributed by atoms with Crippen LogP contribution in [0.1, 0.15) is 18.0 Å². The summed E-state index contributed by atoms with van der Waals surface area (Å²) in [4.78, 5) is 21.0. The molecule has 18 heavy (non-hydrogen) atoms. The van der Waals surface area contributed by atoms with Crippen molar-refractivity contribution in [1.29, 1.82) is 0 Å². The highest BCUT2D eigenvalue weighted by molar-refractivity contribution is 5.78. The van der Waals surface area contributed by atoms with E-state index >= 15 is 0 Å². The summed E-state index contributed by atoms with van der Waals surface area (Å²) in [7, 11) is 0. The summed E-state index contributed by atoms with van der Waals surface area (Å²) in [5, 5.41) is 22.2. The highest BCUT2D eigenvalue weighted by Crippen LogP contribution is 2.30. The van der Waals surface area contributed by atoms with Gasteiger partial charge in [0.25, 0.3) is 5.56 Å². The van der Waals surface area contributed by atoms with Gasteiger partial charge in [-0.15, -0.1) is 0 Å². The average molecular weight is 250 g/mol. The van der Waals surface area contributed by atoms with E-state index in [4.69, 9.17) is 5.11 Å². The van der Waals surface area contributed by atoms with Crippen LogP contribution in [-0.4, -0.2) is 43.9 Å². The molecule has 2 aromatic rings. The standard InChI is InChI=1S/C11H14N4O3/c16-3-5-1-7(17)8(15-5)6-2-12-10-9(6)13-4-14-11(10)18/h2,4-5,7-8,12,15-17H,1,3H2,(H,13,14,18)/t5-,7+,8?/m0/s1. The Hall–Kier alpha value is -1.70. The SMILES string of the molecule is O=c1[nH]cnc2c(C3N[C@H](CO)C[C@H]3O)c[nH]c12. The van der Waals surface area contributed by atoms with Crippen molar-refractivity contribution in [3.05, 3.63) is 28.4 Å². The molecule has 0 saturated carbocycles. The predicted molar refractivity (Wildman–Crippen MR) is 64.1 cm³/mol. The van der Waals surface area contributed by atoms with Crippen LogP contribution in [0.3, 0.4) is 0 Å². The second-order valence-electron chi connectivity index (χ2n) is 4.53. The second-order valence-corrected chi connectivity index (χ2v) is 4.53. The molecule has 3 heterocycles. The molecule has 1 unspecified atom stereocenters. The van der Waals surface area contributed by atoms with Gasteiger partial charge >= 0.3 is 0 Å². The minimum absolute atomic E-state index is 0.0239. The van der Waals surface area contributed by atoms with Crippen molar-refractivity contribution < 1.29 is 10.2 Å². The molecule has 0 amide bonds. The Morgan fingerprint density at radius 2 is 2.28 bits per heavy atom. The van der Waals surface area contributed by atoms with Crippen LogP contribution in [0.2, 0.25) is 0 Å². The normalized spacial score (nSPS) is 28.0. The summed E-state index contributed by atoms with van der Waals surface area (Å²) in [6.45, 7) is -0.0239. The molecular weight excluding hydrogens is 236 g/mol. The molecule has 1 aliphatic rings. The molecule has 7 heteroatoms. The molecule has 5 N–H and O–H groups in total. The minimum atomic E-state index is -0.595. The Balaban J connectivity index is 2.05. The van der Waals surface area contributed by atoms with E-state index in [1.165, 1.54) is 6.33 Å². The quantitative estimate of drug-likeness (QED) is 0.469. The molecule has 1 saturated heterocycles. The number of rotatable bonds is 2. The molecule has 2 aromatic heterocycles. The van der Waals surface area contributed by atoms with Gasteiger partial charge in [-0.05, 0) is 6.42 Å². The molecule has 96 valence electrons. The zero-order valence-corrected chi connectivity index (χ0v) is 9.55.